The molecule has 4 aromatic carbocycles. The van der Waals surface area contributed by atoms with Crippen LogP contribution >= 0.6 is 0 Å². The molecule has 0 spiro atoms. The van der Waals surface area contributed by atoms with Crippen molar-refractivity contribution in [2.45, 2.75) is 13.8 Å². The predicted molar refractivity (Wildman–Crippen MR) is 101 cm³/mol. The van der Waals surface area contributed by atoms with Crippen LogP contribution in [0, 0.1) is 0 Å². The van der Waals surface area contributed by atoms with E-state index in [0.717, 1.165) is 13.2 Å². The molecule has 0 atom stereocenters. The van der Waals surface area contributed by atoms with E-state index in [1.807, 2.05) is 13.8 Å². The molecule has 0 aliphatic heterocycles. The molecule has 0 saturated carbocycles. The van der Waals surface area contributed by atoms with Crippen molar-refractivity contribution in [3.8, 4) is 0 Å². The Kier molecular flexibility index (Phi) is 4.89. The molecule has 1 nitrogen and oxygen atoms in total. The van der Waals surface area contributed by atoms with Gasteiger partial charge in [0.15, 0.2) is 0 Å². The van der Waals surface area contributed by atoms with E-state index in [0.29, 0.717) is 0 Å². The van der Waals surface area contributed by atoms with Crippen molar-refractivity contribution in [2.24, 2.45) is 0 Å². The molecule has 0 heterocycles. The molecule has 23 heavy (non-hydrogen) atoms. The van der Waals surface area contributed by atoms with Crippen LogP contribution in [0.4, 0.5) is 0 Å². The lowest BCUT2D eigenvalue weighted by atomic mass is 9.97. The predicted octanol–water partition coefficient (Wildman–Crippen LogP) is 6.19. The summed E-state index contributed by atoms with van der Waals surface area (Å²) in [5.41, 5.74) is 0. The molecule has 0 bridgehead atoms. The van der Waals surface area contributed by atoms with Crippen LogP contribution in [0.3, 0.4) is 0 Å². The molecule has 0 aromatic heterocycles. The lowest BCUT2D eigenvalue weighted by Crippen LogP contribution is -1.84. The first-order chi connectivity index (χ1) is 11.3. The normalized spacial score (nSPS) is 10.7. The molecule has 0 amide bonds. The van der Waals surface area contributed by atoms with Gasteiger partial charge >= 0.3 is 0 Å². The van der Waals surface area contributed by atoms with Gasteiger partial charge in [-0.2, -0.15) is 0 Å². The van der Waals surface area contributed by atoms with Crippen molar-refractivity contribution in [1.82, 2.24) is 0 Å². The third-order valence-corrected chi connectivity index (χ3v) is 4.06. The second-order valence-corrected chi connectivity index (χ2v) is 5.45. The first kappa shape index (κ1) is 15.5. The Hall–Kier alpha value is -2.38. The van der Waals surface area contributed by atoms with Gasteiger partial charge in [0.05, 0.1) is 0 Å². The highest BCUT2D eigenvalue weighted by molar-refractivity contribution is 6.17. The summed E-state index contributed by atoms with van der Waals surface area (Å²) >= 11 is 0. The quantitative estimate of drug-likeness (QED) is 0.401. The molecule has 0 saturated heterocycles. The van der Waals surface area contributed by atoms with Gasteiger partial charge in [-0.1, -0.05) is 72.8 Å². The third kappa shape index (κ3) is 3.20. The zero-order valence-electron chi connectivity index (χ0n) is 13.8. The molecule has 4 aromatic rings. The fourth-order valence-electron chi connectivity index (χ4n) is 2.97. The summed E-state index contributed by atoms with van der Waals surface area (Å²) in [6, 6.07) is 26.0. The minimum Gasteiger partial charge on any atom is -0.382 e. The van der Waals surface area contributed by atoms with Gasteiger partial charge in [0.2, 0.25) is 0 Å². The van der Waals surface area contributed by atoms with Gasteiger partial charge in [0.25, 0.3) is 0 Å². The molecule has 4 rings (SSSR count). The van der Waals surface area contributed by atoms with E-state index < -0.39 is 0 Å². The molecular formula is C22H22O. The molecule has 116 valence electrons. The van der Waals surface area contributed by atoms with Crippen LogP contribution in [0.2, 0.25) is 0 Å². The van der Waals surface area contributed by atoms with Gasteiger partial charge in [-0.25, -0.2) is 0 Å². The Morgan fingerprint density at radius 2 is 0.957 bits per heavy atom. The lowest BCUT2D eigenvalue weighted by Gasteiger charge is -2.07. The van der Waals surface area contributed by atoms with Gasteiger partial charge in [0, 0.05) is 13.2 Å². The number of hydrogen-bond acceptors (Lipinski definition) is 1. The molecular weight excluding hydrogens is 280 g/mol. The summed E-state index contributed by atoms with van der Waals surface area (Å²) in [7, 11) is 0. The van der Waals surface area contributed by atoms with Crippen LogP contribution in [0.5, 0.6) is 0 Å². The maximum atomic E-state index is 4.83. The van der Waals surface area contributed by atoms with E-state index in [-0.39, 0.29) is 0 Å². The maximum Gasteiger partial charge on any atom is 0.0437 e. The van der Waals surface area contributed by atoms with Crippen LogP contribution in [0.25, 0.3) is 32.3 Å². The minimum absolute atomic E-state index is 0.844. The third-order valence-electron chi connectivity index (χ3n) is 4.06. The van der Waals surface area contributed by atoms with E-state index in [1.54, 1.807) is 0 Å². The van der Waals surface area contributed by atoms with Crippen molar-refractivity contribution in [3.63, 3.8) is 0 Å². The first-order valence-electron chi connectivity index (χ1n) is 8.22. The van der Waals surface area contributed by atoms with E-state index in [1.165, 1.54) is 32.3 Å². The number of ether oxygens (including phenoxy) is 1. The number of fused-ring (bicyclic) bond motifs is 5. The Labute approximate surface area is 137 Å². The van der Waals surface area contributed by atoms with Crippen molar-refractivity contribution >= 4 is 32.3 Å². The molecule has 1 heteroatoms. The Morgan fingerprint density at radius 1 is 0.522 bits per heavy atom. The summed E-state index contributed by atoms with van der Waals surface area (Å²) in [5, 5.41) is 7.96. The van der Waals surface area contributed by atoms with Gasteiger partial charge in [-0.05, 0) is 46.2 Å². The highest BCUT2D eigenvalue weighted by Gasteiger charge is 2.03. The monoisotopic (exact) mass is 302 g/mol. The van der Waals surface area contributed by atoms with Gasteiger partial charge in [-0.3, -0.25) is 0 Å². The van der Waals surface area contributed by atoms with E-state index in [4.69, 9.17) is 4.74 Å². The van der Waals surface area contributed by atoms with Gasteiger partial charge in [0.1, 0.15) is 0 Å². The lowest BCUT2D eigenvalue weighted by molar-refractivity contribution is 0.162. The molecule has 0 unspecified atom stereocenters. The zero-order valence-corrected chi connectivity index (χ0v) is 13.8. The van der Waals surface area contributed by atoms with Gasteiger partial charge in [-0.15, -0.1) is 0 Å². The molecule has 0 aliphatic carbocycles. The second-order valence-electron chi connectivity index (χ2n) is 5.45. The summed E-state index contributed by atoms with van der Waals surface area (Å²) < 4.78 is 4.83. The minimum atomic E-state index is 0.844. The van der Waals surface area contributed by atoms with E-state index >= 15 is 0 Å². The van der Waals surface area contributed by atoms with Crippen LogP contribution < -0.4 is 0 Å². The molecule has 0 fully saturated rings. The fourth-order valence-corrected chi connectivity index (χ4v) is 2.97. The molecule has 0 aliphatic rings. The largest absolute Gasteiger partial charge is 0.382 e. The van der Waals surface area contributed by atoms with Gasteiger partial charge < -0.3 is 4.74 Å². The average Bonchev–Trinajstić information content (AvgIpc) is 2.62. The van der Waals surface area contributed by atoms with Crippen LogP contribution in [0.1, 0.15) is 13.8 Å². The van der Waals surface area contributed by atoms with Crippen LogP contribution in [-0.2, 0) is 4.74 Å². The number of hydrogen-bond donors (Lipinski definition) is 0. The highest BCUT2D eigenvalue weighted by Crippen LogP contribution is 2.30. The first-order valence-corrected chi connectivity index (χ1v) is 8.22. The average molecular weight is 302 g/mol. The smallest absolute Gasteiger partial charge is 0.0437 e. The van der Waals surface area contributed by atoms with E-state index in [2.05, 4.69) is 72.8 Å². The second kappa shape index (κ2) is 7.26. The van der Waals surface area contributed by atoms with Crippen molar-refractivity contribution in [2.75, 3.05) is 13.2 Å². The maximum absolute atomic E-state index is 4.83. The highest BCUT2D eigenvalue weighted by atomic mass is 16.5. The summed E-state index contributed by atoms with van der Waals surface area (Å²) in [4.78, 5) is 0. The van der Waals surface area contributed by atoms with Crippen LogP contribution in [0.15, 0.2) is 72.8 Å². The Balaban J connectivity index is 0.000000276. The topological polar surface area (TPSA) is 9.23 Å². The molecule has 0 radical (unpaired) electrons. The van der Waals surface area contributed by atoms with Crippen molar-refractivity contribution in [3.05, 3.63) is 72.8 Å². The van der Waals surface area contributed by atoms with Crippen molar-refractivity contribution in [1.29, 1.82) is 0 Å². The van der Waals surface area contributed by atoms with Crippen LogP contribution in [-0.4, -0.2) is 13.2 Å². The zero-order chi connectivity index (χ0) is 16.1. The Bertz CT molecular complexity index is 847. The summed E-state index contributed by atoms with van der Waals surface area (Å²) in [6.07, 6.45) is 0. The summed E-state index contributed by atoms with van der Waals surface area (Å²) in [6.45, 7) is 5.67. The van der Waals surface area contributed by atoms with E-state index in [9.17, 15) is 0 Å². The SMILES string of the molecule is CCOCC.c1ccc2c(c1)ccc1c3ccccc3ccc21. The standard InChI is InChI=1S/C18H12.C4H10O/c1-3-7-15-13(5-1)9-11-18-16-8-4-2-6-14(16)10-12-17(15)18;1-3-5-4-2/h1-12H;3-4H2,1-2H3. The Morgan fingerprint density at radius 3 is 1.35 bits per heavy atom. The number of rotatable bonds is 2. The molecule has 0 N–H and O–H groups in total. The fraction of sp³-hybridized carbons (Fsp3) is 0.182. The van der Waals surface area contributed by atoms with Crippen molar-refractivity contribution < 1.29 is 4.74 Å². The number of benzene rings is 4. The summed E-state index contributed by atoms with van der Waals surface area (Å²) in [5.74, 6) is 0.